The van der Waals surface area contributed by atoms with Crippen LogP contribution < -0.4 is 5.32 Å². The molecule has 142 valence electrons. The molecule has 27 heavy (non-hydrogen) atoms. The number of nitrogens with one attached hydrogen (secondary N) is 1. The summed E-state index contributed by atoms with van der Waals surface area (Å²) in [4.78, 5) is 26.3. The van der Waals surface area contributed by atoms with Crippen molar-refractivity contribution < 1.29 is 19.4 Å². The molecule has 2 aromatic rings. The molecule has 1 heterocycles. The molecule has 1 saturated heterocycles. The highest BCUT2D eigenvalue weighted by Gasteiger charge is 2.31. The zero-order valence-corrected chi connectivity index (χ0v) is 15.5. The van der Waals surface area contributed by atoms with Crippen molar-refractivity contribution >= 4 is 17.5 Å². The number of morpholine rings is 1. The SMILES string of the molecule is CCC(=O)Nc1ccc(O)c(C(=O)N2C[C@@H](C)O[C@H](c3ccccc3)C2)c1. The van der Waals surface area contributed by atoms with Gasteiger partial charge < -0.3 is 20.1 Å². The van der Waals surface area contributed by atoms with Gasteiger partial charge in [-0.25, -0.2) is 0 Å². The minimum atomic E-state index is -0.281. The van der Waals surface area contributed by atoms with Crippen LogP contribution in [-0.2, 0) is 9.53 Å². The minimum absolute atomic E-state index is 0.107. The molecule has 0 radical (unpaired) electrons. The van der Waals surface area contributed by atoms with E-state index in [1.165, 1.54) is 12.1 Å². The fourth-order valence-electron chi connectivity index (χ4n) is 3.17. The minimum Gasteiger partial charge on any atom is -0.507 e. The third kappa shape index (κ3) is 4.46. The number of phenolic OH excluding ortho intramolecular Hbond substituents is 1. The van der Waals surface area contributed by atoms with Crippen LogP contribution in [0.3, 0.4) is 0 Å². The summed E-state index contributed by atoms with van der Waals surface area (Å²) in [7, 11) is 0. The Balaban J connectivity index is 1.82. The number of hydrogen-bond donors (Lipinski definition) is 2. The van der Waals surface area contributed by atoms with Crippen LogP contribution in [0.1, 0.15) is 42.3 Å². The lowest BCUT2D eigenvalue weighted by Gasteiger charge is -2.37. The van der Waals surface area contributed by atoms with E-state index in [9.17, 15) is 14.7 Å². The monoisotopic (exact) mass is 368 g/mol. The second-order valence-electron chi connectivity index (χ2n) is 6.69. The number of phenols is 1. The van der Waals surface area contributed by atoms with Gasteiger partial charge in [0.2, 0.25) is 5.91 Å². The Labute approximate surface area is 158 Å². The van der Waals surface area contributed by atoms with E-state index < -0.39 is 0 Å². The largest absolute Gasteiger partial charge is 0.507 e. The highest BCUT2D eigenvalue weighted by atomic mass is 16.5. The molecule has 2 aromatic carbocycles. The molecule has 1 aliphatic rings. The smallest absolute Gasteiger partial charge is 0.257 e. The van der Waals surface area contributed by atoms with Crippen LogP contribution >= 0.6 is 0 Å². The van der Waals surface area contributed by atoms with Gasteiger partial charge in [0.05, 0.1) is 18.2 Å². The van der Waals surface area contributed by atoms with Crippen molar-refractivity contribution in [1.29, 1.82) is 0 Å². The molecule has 2 amide bonds. The van der Waals surface area contributed by atoms with Gasteiger partial charge in [0, 0.05) is 18.7 Å². The number of hydrogen-bond acceptors (Lipinski definition) is 4. The molecule has 6 heteroatoms. The topological polar surface area (TPSA) is 78.9 Å². The number of nitrogens with zero attached hydrogens (tertiary/aromatic N) is 1. The van der Waals surface area contributed by atoms with E-state index in [1.54, 1.807) is 17.9 Å². The predicted octanol–water partition coefficient (Wildman–Crippen LogP) is 3.34. The van der Waals surface area contributed by atoms with E-state index in [0.29, 0.717) is 25.2 Å². The first kappa shape index (κ1) is 18.9. The number of carbonyl (C=O) groups is 2. The molecule has 0 aromatic heterocycles. The number of rotatable bonds is 4. The number of ether oxygens (including phenoxy) is 1. The standard InChI is InChI=1S/C21H24N2O4/c1-3-20(25)22-16-9-10-18(24)17(11-16)21(26)23-12-14(2)27-19(13-23)15-7-5-4-6-8-15/h4-11,14,19,24H,3,12-13H2,1-2H3,(H,22,25)/t14-,19+/m1/s1. The van der Waals surface area contributed by atoms with Gasteiger partial charge in [-0.3, -0.25) is 9.59 Å². The predicted molar refractivity (Wildman–Crippen MR) is 103 cm³/mol. The Morgan fingerprint density at radius 2 is 1.93 bits per heavy atom. The van der Waals surface area contributed by atoms with E-state index in [1.807, 2.05) is 37.3 Å². The summed E-state index contributed by atoms with van der Waals surface area (Å²) in [6, 6.07) is 14.3. The van der Waals surface area contributed by atoms with E-state index in [4.69, 9.17) is 4.74 Å². The maximum Gasteiger partial charge on any atom is 0.257 e. The summed E-state index contributed by atoms with van der Waals surface area (Å²) in [6.45, 7) is 4.51. The van der Waals surface area contributed by atoms with Gasteiger partial charge in [0.15, 0.2) is 0 Å². The van der Waals surface area contributed by atoms with E-state index >= 15 is 0 Å². The molecule has 0 aliphatic carbocycles. The number of carbonyl (C=O) groups excluding carboxylic acids is 2. The fraction of sp³-hybridized carbons (Fsp3) is 0.333. The van der Waals surface area contributed by atoms with Crippen LogP contribution in [-0.4, -0.2) is 41.0 Å². The zero-order chi connectivity index (χ0) is 19.4. The molecule has 2 N–H and O–H groups in total. The molecular formula is C21H24N2O4. The Hall–Kier alpha value is -2.86. The van der Waals surface area contributed by atoms with Crippen LogP contribution in [0.25, 0.3) is 0 Å². The van der Waals surface area contributed by atoms with Crippen LogP contribution in [0.4, 0.5) is 5.69 Å². The number of aromatic hydroxyl groups is 1. The van der Waals surface area contributed by atoms with Crippen molar-refractivity contribution in [2.24, 2.45) is 0 Å². The van der Waals surface area contributed by atoms with Gasteiger partial charge in [-0.15, -0.1) is 0 Å². The molecule has 0 saturated carbocycles. The first-order valence-corrected chi connectivity index (χ1v) is 9.10. The summed E-state index contributed by atoms with van der Waals surface area (Å²) in [5.74, 6) is -0.538. The van der Waals surface area contributed by atoms with Crippen molar-refractivity contribution in [2.45, 2.75) is 32.5 Å². The van der Waals surface area contributed by atoms with E-state index in [-0.39, 0.29) is 35.3 Å². The first-order valence-electron chi connectivity index (χ1n) is 9.10. The molecule has 1 aliphatic heterocycles. The van der Waals surface area contributed by atoms with Gasteiger partial charge in [0.1, 0.15) is 11.9 Å². The average Bonchev–Trinajstić information content (AvgIpc) is 2.69. The Morgan fingerprint density at radius 1 is 1.19 bits per heavy atom. The number of anilines is 1. The Bertz CT molecular complexity index is 822. The summed E-state index contributed by atoms with van der Waals surface area (Å²) in [5, 5.41) is 12.9. The highest BCUT2D eigenvalue weighted by molar-refractivity contribution is 5.99. The molecule has 0 spiro atoms. The van der Waals surface area contributed by atoms with Crippen molar-refractivity contribution in [3.05, 3.63) is 59.7 Å². The molecule has 6 nitrogen and oxygen atoms in total. The van der Waals surface area contributed by atoms with Crippen molar-refractivity contribution in [3.8, 4) is 5.75 Å². The van der Waals surface area contributed by atoms with Gasteiger partial charge in [-0.2, -0.15) is 0 Å². The van der Waals surface area contributed by atoms with Crippen LogP contribution in [0.2, 0.25) is 0 Å². The van der Waals surface area contributed by atoms with Gasteiger partial charge >= 0.3 is 0 Å². The highest BCUT2D eigenvalue weighted by Crippen LogP contribution is 2.29. The van der Waals surface area contributed by atoms with Crippen molar-refractivity contribution in [2.75, 3.05) is 18.4 Å². The molecule has 2 atom stereocenters. The molecule has 0 bridgehead atoms. The average molecular weight is 368 g/mol. The molecule has 3 rings (SSSR count). The quantitative estimate of drug-likeness (QED) is 0.811. The lowest BCUT2D eigenvalue weighted by molar-refractivity contribution is -0.115. The Morgan fingerprint density at radius 3 is 2.63 bits per heavy atom. The summed E-state index contributed by atoms with van der Waals surface area (Å²) in [6.07, 6.45) is -0.00814. The van der Waals surface area contributed by atoms with Gasteiger partial charge in [-0.05, 0) is 30.7 Å². The second-order valence-corrected chi connectivity index (χ2v) is 6.69. The van der Waals surface area contributed by atoms with Crippen LogP contribution in [0, 0.1) is 0 Å². The summed E-state index contributed by atoms with van der Waals surface area (Å²) < 4.78 is 6.00. The van der Waals surface area contributed by atoms with Crippen molar-refractivity contribution in [1.82, 2.24) is 4.90 Å². The molecule has 0 unspecified atom stereocenters. The summed E-state index contributed by atoms with van der Waals surface area (Å²) in [5.41, 5.74) is 1.67. The van der Waals surface area contributed by atoms with E-state index in [0.717, 1.165) is 5.56 Å². The number of amides is 2. The lowest BCUT2D eigenvalue weighted by Crippen LogP contribution is -2.46. The summed E-state index contributed by atoms with van der Waals surface area (Å²) >= 11 is 0. The maximum absolute atomic E-state index is 13.0. The lowest BCUT2D eigenvalue weighted by atomic mass is 10.0. The van der Waals surface area contributed by atoms with E-state index in [2.05, 4.69) is 5.32 Å². The fourth-order valence-corrected chi connectivity index (χ4v) is 3.17. The number of benzene rings is 2. The Kier molecular flexibility index (Phi) is 5.76. The third-order valence-corrected chi connectivity index (χ3v) is 4.55. The van der Waals surface area contributed by atoms with Crippen LogP contribution in [0.5, 0.6) is 5.75 Å². The third-order valence-electron chi connectivity index (χ3n) is 4.55. The van der Waals surface area contributed by atoms with Gasteiger partial charge in [-0.1, -0.05) is 37.3 Å². The zero-order valence-electron chi connectivity index (χ0n) is 15.5. The van der Waals surface area contributed by atoms with Gasteiger partial charge in [0.25, 0.3) is 5.91 Å². The second kappa shape index (κ2) is 8.22. The van der Waals surface area contributed by atoms with Crippen molar-refractivity contribution in [3.63, 3.8) is 0 Å². The normalized spacial score (nSPS) is 19.6. The van der Waals surface area contributed by atoms with Crippen LogP contribution in [0.15, 0.2) is 48.5 Å². The molecule has 1 fully saturated rings. The first-order chi connectivity index (χ1) is 13.0. The maximum atomic E-state index is 13.0. The molecular weight excluding hydrogens is 344 g/mol.